The monoisotopic (exact) mass is 337 g/mol. The molecule has 0 fully saturated rings. The van der Waals surface area contributed by atoms with Crippen LogP contribution in [0.3, 0.4) is 0 Å². The van der Waals surface area contributed by atoms with Crippen LogP contribution in [-0.2, 0) is 14.3 Å². The number of hydrogen-bond acceptors (Lipinski definition) is 4. The number of nitrogens with zero attached hydrogens (tertiary/aromatic N) is 2. The van der Waals surface area contributed by atoms with Crippen molar-refractivity contribution in [2.24, 2.45) is 0 Å². The minimum atomic E-state index is -0.399. The van der Waals surface area contributed by atoms with Crippen LogP contribution in [0.15, 0.2) is 48.8 Å². The predicted molar refractivity (Wildman–Crippen MR) is 95.2 cm³/mol. The summed E-state index contributed by atoms with van der Waals surface area (Å²) in [5.74, 6) is -0.628. The second-order valence-electron chi connectivity index (χ2n) is 5.80. The Balaban J connectivity index is 1.76. The first-order chi connectivity index (χ1) is 12.0. The molecule has 0 spiro atoms. The molecule has 0 saturated carbocycles. The minimum absolute atomic E-state index is 0.0633. The number of nitrogens with one attached hydrogen (secondary N) is 1. The molecule has 1 N–H and O–H groups in total. The topological polar surface area (TPSA) is 72.7 Å². The van der Waals surface area contributed by atoms with E-state index in [1.54, 1.807) is 6.07 Å². The number of aromatic nitrogens is 2. The molecule has 0 unspecified atom stereocenters. The van der Waals surface area contributed by atoms with Gasteiger partial charge in [0.1, 0.15) is 5.65 Å². The first-order valence-electron chi connectivity index (χ1n) is 7.97. The molecule has 0 bridgehead atoms. The fourth-order valence-electron chi connectivity index (χ4n) is 2.54. The van der Waals surface area contributed by atoms with Gasteiger partial charge in [0.15, 0.2) is 0 Å². The fraction of sp³-hybridized carbons (Fsp3) is 0.211. The van der Waals surface area contributed by atoms with Crippen LogP contribution >= 0.6 is 0 Å². The molecule has 3 aromatic rings. The highest BCUT2D eigenvalue weighted by molar-refractivity contribution is 5.93. The van der Waals surface area contributed by atoms with Crippen LogP contribution in [0.1, 0.15) is 18.4 Å². The summed E-state index contributed by atoms with van der Waals surface area (Å²) in [5, 5.41) is 2.79. The number of esters is 1. The molecule has 6 heteroatoms. The Kier molecular flexibility index (Phi) is 4.79. The number of amides is 1. The number of hydrogen-bond donors (Lipinski definition) is 1. The molecular formula is C19H19N3O3. The third kappa shape index (κ3) is 4.03. The van der Waals surface area contributed by atoms with Gasteiger partial charge in [-0.1, -0.05) is 18.2 Å². The summed E-state index contributed by atoms with van der Waals surface area (Å²) in [7, 11) is 1.31. The second kappa shape index (κ2) is 7.17. The Morgan fingerprint density at radius 1 is 1.16 bits per heavy atom. The lowest BCUT2D eigenvalue weighted by Gasteiger charge is -2.06. The van der Waals surface area contributed by atoms with Crippen molar-refractivity contribution in [1.29, 1.82) is 0 Å². The zero-order chi connectivity index (χ0) is 17.8. The fourth-order valence-corrected chi connectivity index (χ4v) is 2.54. The van der Waals surface area contributed by atoms with Crippen molar-refractivity contribution in [2.45, 2.75) is 19.8 Å². The highest BCUT2D eigenvalue weighted by Gasteiger charge is 2.09. The summed E-state index contributed by atoms with van der Waals surface area (Å²) in [4.78, 5) is 27.6. The molecule has 1 aromatic carbocycles. The average Bonchev–Trinajstić information content (AvgIpc) is 3.03. The Morgan fingerprint density at radius 2 is 2.00 bits per heavy atom. The Hall–Kier alpha value is -3.15. The maximum absolute atomic E-state index is 11.9. The second-order valence-corrected chi connectivity index (χ2v) is 5.80. The Morgan fingerprint density at radius 3 is 2.80 bits per heavy atom. The van der Waals surface area contributed by atoms with Crippen molar-refractivity contribution in [3.63, 3.8) is 0 Å². The molecule has 0 saturated heterocycles. The Labute approximate surface area is 145 Å². The van der Waals surface area contributed by atoms with Gasteiger partial charge in [0.05, 0.1) is 19.2 Å². The number of carbonyl (C=O) groups excluding carboxylic acids is 2. The van der Waals surface area contributed by atoms with E-state index < -0.39 is 5.97 Å². The molecule has 0 atom stereocenters. The van der Waals surface area contributed by atoms with Crippen LogP contribution in [-0.4, -0.2) is 28.4 Å². The van der Waals surface area contributed by atoms with E-state index in [9.17, 15) is 9.59 Å². The summed E-state index contributed by atoms with van der Waals surface area (Å²) in [5.41, 5.74) is 4.43. The number of fused-ring (bicyclic) bond motifs is 1. The van der Waals surface area contributed by atoms with Crippen LogP contribution in [0, 0.1) is 6.92 Å². The summed E-state index contributed by atoms with van der Waals surface area (Å²) >= 11 is 0. The molecule has 2 aromatic heterocycles. The van der Waals surface area contributed by atoms with Gasteiger partial charge in [-0.15, -0.1) is 0 Å². The zero-order valence-corrected chi connectivity index (χ0v) is 14.2. The van der Waals surface area contributed by atoms with E-state index in [1.807, 2.05) is 54.0 Å². The number of ether oxygens (including phenoxy) is 1. The standard InChI is InChI=1S/C19H19N3O3/c1-13-6-7-17-21-16(12-22(17)11-13)14-4-3-5-15(10-14)20-18(23)8-9-19(24)25-2/h3-7,10-12H,8-9H2,1-2H3,(H,20,23). The number of pyridine rings is 1. The van der Waals surface area contributed by atoms with E-state index in [4.69, 9.17) is 0 Å². The van der Waals surface area contributed by atoms with Crippen molar-refractivity contribution in [3.8, 4) is 11.3 Å². The molecule has 128 valence electrons. The van der Waals surface area contributed by atoms with E-state index in [-0.39, 0.29) is 18.7 Å². The van der Waals surface area contributed by atoms with Gasteiger partial charge in [0.2, 0.25) is 5.91 Å². The number of aryl methyl sites for hydroxylation is 1. The first kappa shape index (κ1) is 16.7. The molecule has 1 amide bonds. The van der Waals surface area contributed by atoms with Gasteiger partial charge in [0, 0.05) is 30.1 Å². The minimum Gasteiger partial charge on any atom is -0.469 e. The lowest BCUT2D eigenvalue weighted by Crippen LogP contribution is -2.13. The smallest absolute Gasteiger partial charge is 0.306 e. The van der Waals surface area contributed by atoms with Gasteiger partial charge in [-0.25, -0.2) is 4.98 Å². The van der Waals surface area contributed by atoms with Crippen LogP contribution in [0.4, 0.5) is 5.69 Å². The quantitative estimate of drug-likeness (QED) is 0.726. The lowest BCUT2D eigenvalue weighted by molar-refractivity contribution is -0.141. The average molecular weight is 337 g/mol. The molecule has 0 aliphatic heterocycles. The summed E-state index contributed by atoms with van der Waals surface area (Å²) in [6.07, 6.45) is 4.13. The molecule has 0 aliphatic rings. The number of methoxy groups -OCH3 is 1. The van der Waals surface area contributed by atoms with Crippen LogP contribution in [0.25, 0.3) is 16.9 Å². The molecule has 6 nitrogen and oxygen atoms in total. The van der Waals surface area contributed by atoms with Crippen LogP contribution in [0.2, 0.25) is 0 Å². The SMILES string of the molecule is COC(=O)CCC(=O)Nc1cccc(-c2cn3cc(C)ccc3n2)c1. The molecule has 0 radical (unpaired) electrons. The highest BCUT2D eigenvalue weighted by Crippen LogP contribution is 2.23. The van der Waals surface area contributed by atoms with E-state index in [1.165, 1.54) is 7.11 Å². The first-order valence-corrected chi connectivity index (χ1v) is 7.97. The predicted octanol–water partition coefficient (Wildman–Crippen LogP) is 3.20. The molecule has 3 rings (SSSR count). The molecular weight excluding hydrogens is 318 g/mol. The van der Waals surface area contributed by atoms with Gasteiger partial charge in [-0.2, -0.15) is 0 Å². The van der Waals surface area contributed by atoms with E-state index in [0.717, 1.165) is 22.5 Å². The Bertz CT molecular complexity index is 931. The van der Waals surface area contributed by atoms with Crippen molar-refractivity contribution >= 4 is 23.2 Å². The van der Waals surface area contributed by atoms with E-state index in [2.05, 4.69) is 15.0 Å². The van der Waals surface area contributed by atoms with Gasteiger partial charge in [-0.3, -0.25) is 9.59 Å². The number of imidazole rings is 1. The van der Waals surface area contributed by atoms with Crippen molar-refractivity contribution in [2.75, 3.05) is 12.4 Å². The molecule has 25 heavy (non-hydrogen) atoms. The van der Waals surface area contributed by atoms with Crippen LogP contribution in [0.5, 0.6) is 0 Å². The molecule has 0 aliphatic carbocycles. The van der Waals surface area contributed by atoms with Gasteiger partial charge in [0.25, 0.3) is 0 Å². The van der Waals surface area contributed by atoms with Crippen molar-refractivity contribution in [3.05, 3.63) is 54.4 Å². The summed E-state index contributed by atoms with van der Waals surface area (Å²) in [6.45, 7) is 2.03. The third-order valence-electron chi connectivity index (χ3n) is 3.82. The number of anilines is 1. The summed E-state index contributed by atoms with van der Waals surface area (Å²) < 4.78 is 6.51. The van der Waals surface area contributed by atoms with Crippen molar-refractivity contribution < 1.29 is 14.3 Å². The number of rotatable bonds is 5. The van der Waals surface area contributed by atoms with Gasteiger partial charge in [-0.05, 0) is 30.7 Å². The zero-order valence-electron chi connectivity index (χ0n) is 14.2. The van der Waals surface area contributed by atoms with Gasteiger partial charge >= 0.3 is 5.97 Å². The largest absolute Gasteiger partial charge is 0.469 e. The lowest BCUT2D eigenvalue weighted by atomic mass is 10.1. The molecule has 2 heterocycles. The van der Waals surface area contributed by atoms with E-state index >= 15 is 0 Å². The summed E-state index contributed by atoms with van der Waals surface area (Å²) in [6, 6.07) is 11.5. The normalized spacial score (nSPS) is 10.6. The number of carbonyl (C=O) groups is 2. The maximum Gasteiger partial charge on any atom is 0.306 e. The maximum atomic E-state index is 11.9. The van der Waals surface area contributed by atoms with Crippen molar-refractivity contribution in [1.82, 2.24) is 9.38 Å². The van der Waals surface area contributed by atoms with Gasteiger partial charge < -0.3 is 14.5 Å². The number of benzene rings is 1. The van der Waals surface area contributed by atoms with Crippen LogP contribution < -0.4 is 5.32 Å². The third-order valence-corrected chi connectivity index (χ3v) is 3.82. The highest BCUT2D eigenvalue weighted by atomic mass is 16.5. The van der Waals surface area contributed by atoms with E-state index in [0.29, 0.717) is 5.69 Å².